The van der Waals surface area contributed by atoms with Crippen molar-refractivity contribution in [3.63, 3.8) is 0 Å². The smallest absolute Gasteiger partial charge is 0.410 e. The maximum Gasteiger partial charge on any atom is 0.410 e. The summed E-state index contributed by atoms with van der Waals surface area (Å²) in [6.45, 7) is 4.58. The highest BCUT2D eigenvalue weighted by Gasteiger charge is 2.30. The molecule has 0 atom stereocenters. The lowest BCUT2D eigenvalue weighted by molar-refractivity contribution is 0.0702. The van der Waals surface area contributed by atoms with Crippen LogP contribution in [-0.4, -0.2) is 47.1 Å². The number of carbonyl (C=O) groups excluding carboxylic acids is 2. The van der Waals surface area contributed by atoms with Crippen LogP contribution in [-0.2, 0) is 11.3 Å². The van der Waals surface area contributed by atoms with E-state index in [0.29, 0.717) is 30.2 Å². The first-order valence-electron chi connectivity index (χ1n) is 12.0. The SMILES string of the molecule is CC(C)N(C(=O)c1ccc(Cl)cc1Cl)c1cc(C2=CCN(C(=O)OCc3ccccc3)CC2)sc1C(=O)O. The summed E-state index contributed by atoms with van der Waals surface area (Å²) in [6, 6.07) is 15.4. The topological polar surface area (TPSA) is 87.2 Å². The van der Waals surface area contributed by atoms with Crippen molar-refractivity contribution in [1.29, 1.82) is 0 Å². The Morgan fingerprint density at radius 1 is 1.11 bits per heavy atom. The Morgan fingerprint density at radius 2 is 1.84 bits per heavy atom. The lowest BCUT2D eigenvalue weighted by atomic mass is 10.1. The second-order valence-corrected chi connectivity index (χ2v) is 10.9. The lowest BCUT2D eigenvalue weighted by Crippen LogP contribution is -2.37. The molecule has 2 heterocycles. The van der Waals surface area contributed by atoms with E-state index in [2.05, 4.69) is 0 Å². The molecule has 198 valence electrons. The van der Waals surface area contributed by atoms with Gasteiger partial charge in [0.15, 0.2) is 0 Å². The molecule has 0 unspecified atom stereocenters. The Kier molecular flexibility index (Phi) is 8.76. The molecule has 0 radical (unpaired) electrons. The number of nitrogens with zero attached hydrogens (tertiary/aromatic N) is 2. The van der Waals surface area contributed by atoms with Crippen LogP contribution in [0.3, 0.4) is 0 Å². The highest BCUT2D eigenvalue weighted by atomic mass is 35.5. The van der Waals surface area contributed by atoms with Crippen LogP contribution in [0, 0.1) is 0 Å². The maximum absolute atomic E-state index is 13.5. The highest BCUT2D eigenvalue weighted by molar-refractivity contribution is 7.15. The molecule has 2 aromatic carbocycles. The van der Waals surface area contributed by atoms with Gasteiger partial charge in [-0.2, -0.15) is 0 Å². The number of amides is 2. The van der Waals surface area contributed by atoms with E-state index >= 15 is 0 Å². The molecule has 0 aliphatic carbocycles. The molecule has 1 aromatic heterocycles. The second-order valence-electron chi connectivity index (χ2n) is 8.99. The minimum absolute atomic E-state index is 0.0535. The van der Waals surface area contributed by atoms with E-state index in [1.54, 1.807) is 17.0 Å². The summed E-state index contributed by atoms with van der Waals surface area (Å²) >= 11 is 13.4. The summed E-state index contributed by atoms with van der Waals surface area (Å²) in [5.41, 5.74) is 2.35. The standard InChI is InChI=1S/C28H26Cl2N2O5S/c1-17(2)32(26(33)21-9-8-20(29)14-22(21)30)23-15-24(38-25(23)27(34)35)19-10-12-31(13-11-19)28(36)37-16-18-6-4-3-5-7-18/h3-10,14-15,17H,11-13,16H2,1-2H3,(H,34,35). The zero-order chi connectivity index (χ0) is 27.4. The van der Waals surface area contributed by atoms with Crippen molar-refractivity contribution in [2.45, 2.75) is 32.9 Å². The minimum atomic E-state index is -1.13. The predicted octanol–water partition coefficient (Wildman–Crippen LogP) is 7.23. The number of carboxylic acid groups (broad SMARTS) is 1. The third-order valence-corrected chi connectivity index (χ3v) is 7.79. The number of thiophene rings is 1. The number of rotatable bonds is 7. The monoisotopic (exact) mass is 572 g/mol. The fourth-order valence-corrected chi connectivity index (χ4v) is 5.70. The first-order chi connectivity index (χ1) is 18.2. The van der Waals surface area contributed by atoms with Crippen molar-refractivity contribution in [3.8, 4) is 0 Å². The molecule has 1 N–H and O–H groups in total. The van der Waals surface area contributed by atoms with Crippen LogP contribution >= 0.6 is 34.5 Å². The molecule has 38 heavy (non-hydrogen) atoms. The Bertz CT molecular complexity index is 1390. The van der Waals surface area contributed by atoms with Gasteiger partial charge in [0.25, 0.3) is 5.91 Å². The number of carboxylic acids is 1. The molecule has 0 fully saturated rings. The molecule has 7 nitrogen and oxygen atoms in total. The first kappa shape index (κ1) is 27.7. The summed E-state index contributed by atoms with van der Waals surface area (Å²) < 4.78 is 5.43. The Balaban J connectivity index is 1.55. The van der Waals surface area contributed by atoms with Gasteiger partial charge in [-0.05, 0) is 55.7 Å². The molecule has 0 spiro atoms. The van der Waals surface area contributed by atoms with Gasteiger partial charge in [0.2, 0.25) is 0 Å². The van der Waals surface area contributed by atoms with Gasteiger partial charge in [-0.3, -0.25) is 4.79 Å². The molecule has 0 saturated carbocycles. The van der Waals surface area contributed by atoms with E-state index in [1.807, 2.05) is 50.3 Å². The highest BCUT2D eigenvalue weighted by Crippen LogP contribution is 2.38. The number of aromatic carboxylic acids is 1. The third-order valence-electron chi connectivity index (χ3n) is 6.05. The van der Waals surface area contributed by atoms with E-state index in [1.165, 1.54) is 17.0 Å². The van der Waals surface area contributed by atoms with Gasteiger partial charge in [0.05, 0.1) is 16.3 Å². The van der Waals surface area contributed by atoms with Crippen molar-refractivity contribution in [2.24, 2.45) is 0 Å². The molecule has 2 amide bonds. The Hall–Kier alpha value is -3.33. The first-order valence-corrected chi connectivity index (χ1v) is 13.5. The molecule has 4 rings (SSSR count). The second kappa shape index (κ2) is 12.0. The molecular formula is C28H26Cl2N2O5S. The minimum Gasteiger partial charge on any atom is -0.477 e. The zero-order valence-electron chi connectivity index (χ0n) is 20.8. The fraction of sp³-hybridized carbons (Fsp3) is 0.250. The number of ether oxygens (including phenoxy) is 1. The summed E-state index contributed by atoms with van der Waals surface area (Å²) in [5.74, 6) is -1.54. The molecule has 0 bridgehead atoms. The van der Waals surface area contributed by atoms with Gasteiger partial charge in [0.1, 0.15) is 11.5 Å². The molecular weight excluding hydrogens is 547 g/mol. The average molecular weight is 573 g/mol. The van der Waals surface area contributed by atoms with Crippen LogP contribution in [0.1, 0.15) is 50.7 Å². The quantitative estimate of drug-likeness (QED) is 0.322. The Labute approximate surface area is 234 Å². The summed E-state index contributed by atoms with van der Waals surface area (Å²) in [5, 5.41) is 10.5. The van der Waals surface area contributed by atoms with E-state index in [4.69, 9.17) is 27.9 Å². The number of halogens is 2. The number of carbonyl (C=O) groups is 3. The zero-order valence-corrected chi connectivity index (χ0v) is 23.1. The van der Waals surface area contributed by atoms with Gasteiger partial charge in [0, 0.05) is 29.0 Å². The van der Waals surface area contributed by atoms with Crippen LogP contribution in [0.4, 0.5) is 10.5 Å². The van der Waals surface area contributed by atoms with Crippen LogP contribution in [0.2, 0.25) is 10.0 Å². The predicted molar refractivity (Wildman–Crippen MR) is 150 cm³/mol. The number of hydrogen-bond acceptors (Lipinski definition) is 5. The van der Waals surface area contributed by atoms with Gasteiger partial charge in [-0.1, -0.05) is 59.6 Å². The molecule has 1 aliphatic rings. The van der Waals surface area contributed by atoms with E-state index in [0.717, 1.165) is 27.4 Å². The molecule has 10 heteroatoms. The fourth-order valence-electron chi connectivity index (χ4n) is 4.16. The average Bonchev–Trinajstić information content (AvgIpc) is 3.33. The van der Waals surface area contributed by atoms with E-state index in [-0.39, 0.29) is 28.1 Å². The Morgan fingerprint density at radius 3 is 2.45 bits per heavy atom. The van der Waals surface area contributed by atoms with Crippen LogP contribution in [0.5, 0.6) is 0 Å². The lowest BCUT2D eigenvalue weighted by Gasteiger charge is -2.27. The molecule has 0 saturated heterocycles. The number of hydrogen-bond donors (Lipinski definition) is 1. The number of benzene rings is 2. The van der Waals surface area contributed by atoms with Crippen LogP contribution in [0.25, 0.3) is 5.57 Å². The van der Waals surface area contributed by atoms with Crippen molar-refractivity contribution in [1.82, 2.24) is 4.90 Å². The maximum atomic E-state index is 13.5. The van der Waals surface area contributed by atoms with Crippen molar-refractivity contribution >= 4 is 63.8 Å². The molecule has 3 aromatic rings. The number of anilines is 1. The van der Waals surface area contributed by atoms with Gasteiger partial charge in [-0.25, -0.2) is 9.59 Å². The normalized spacial score (nSPS) is 13.3. The summed E-state index contributed by atoms with van der Waals surface area (Å²) in [7, 11) is 0. The van der Waals surface area contributed by atoms with Crippen LogP contribution in [0.15, 0.2) is 60.7 Å². The third kappa shape index (κ3) is 6.20. The van der Waals surface area contributed by atoms with E-state index in [9.17, 15) is 19.5 Å². The van der Waals surface area contributed by atoms with Crippen molar-refractivity contribution in [2.75, 3.05) is 18.0 Å². The van der Waals surface area contributed by atoms with Gasteiger partial charge in [-0.15, -0.1) is 11.3 Å². The van der Waals surface area contributed by atoms with Crippen LogP contribution < -0.4 is 4.90 Å². The van der Waals surface area contributed by atoms with Crippen molar-refractivity contribution < 1.29 is 24.2 Å². The van der Waals surface area contributed by atoms with Gasteiger partial charge < -0.3 is 19.6 Å². The summed E-state index contributed by atoms with van der Waals surface area (Å²) in [6.07, 6.45) is 2.02. The largest absolute Gasteiger partial charge is 0.477 e. The van der Waals surface area contributed by atoms with Gasteiger partial charge >= 0.3 is 12.1 Å². The summed E-state index contributed by atoms with van der Waals surface area (Å²) in [4.78, 5) is 42.0. The van der Waals surface area contributed by atoms with Crippen molar-refractivity contribution in [3.05, 3.63) is 91.6 Å². The van der Waals surface area contributed by atoms with E-state index < -0.39 is 18.0 Å². The molecule has 1 aliphatic heterocycles.